The zero-order valence-electron chi connectivity index (χ0n) is 12.9. The summed E-state index contributed by atoms with van der Waals surface area (Å²) in [5.74, 6) is 5.31. The van der Waals surface area contributed by atoms with E-state index in [1.165, 1.54) is 24.3 Å². The predicted molar refractivity (Wildman–Crippen MR) is 91.6 cm³/mol. The highest BCUT2D eigenvalue weighted by Gasteiger charge is 2.23. The van der Waals surface area contributed by atoms with Crippen LogP contribution in [0.1, 0.15) is 12.5 Å². The average molecular weight is 344 g/mol. The molecule has 6 nitrogen and oxygen atoms in total. The average Bonchev–Trinajstić information content (AvgIpc) is 2.60. The molecule has 0 atom stereocenters. The van der Waals surface area contributed by atoms with Crippen molar-refractivity contribution in [3.05, 3.63) is 64.5 Å². The number of nitrogens with two attached hydrogens (primary N) is 1. The lowest BCUT2D eigenvalue weighted by atomic mass is 10.2. The van der Waals surface area contributed by atoms with E-state index in [0.29, 0.717) is 11.1 Å². The van der Waals surface area contributed by atoms with Crippen molar-refractivity contribution in [2.45, 2.75) is 23.1 Å². The van der Waals surface area contributed by atoms with Crippen LogP contribution in [0.3, 0.4) is 0 Å². The van der Waals surface area contributed by atoms with Crippen LogP contribution >= 0.6 is 0 Å². The van der Waals surface area contributed by atoms with Crippen molar-refractivity contribution in [3.63, 3.8) is 0 Å². The number of anilines is 1. The fraction of sp³-hybridized carbons (Fsp3) is 0.118. The van der Waals surface area contributed by atoms with E-state index in [-0.39, 0.29) is 15.4 Å². The lowest BCUT2D eigenvalue weighted by Crippen LogP contribution is -2.14. The topological polar surface area (TPSA) is 102 Å². The summed E-state index contributed by atoms with van der Waals surface area (Å²) < 4.78 is 30.6. The van der Waals surface area contributed by atoms with Gasteiger partial charge in [-0.1, -0.05) is 19.1 Å². The SMILES string of the molecule is CCc1ccc(S(=O)(=O)c2cc3ccc(NN)cc3oc2=O)cc1. The zero-order chi connectivity index (χ0) is 17.3. The highest BCUT2D eigenvalue weighted by molar-refractivity contribution is 7.91. The quantitative estimate of drug-likeness (QED) is 0.428. The maximum Gasteiger partial charge on any atom is 0.355 e. The lowest BCUT2D eigenvalue weighted by Gasteiger charge is -2.06. The van der Waals surface area contributed by atoms with Crippen LogP contribution in [0.5, 0.6) is 0 Å². The molecule has 0 saturated carbocycles. The van der Waals surface area contributed by atoms with Gasteiger partial charge >= 0.3 is 5.63 Å². The Morgan fingerprint density at radius 2 is 1.79 bits per heavy atom. The Hall–Kier alpha value is -2.64. The number of aryl methyl sites for hydroxylation is 1. The van der Waals surface area contributed by atoms with Gasteiger partial charge in [-0.25, -0.2) is 13.2 Å². The van der Waals surface area contributed by atoms with Gasteiger partial charge in [-0.05, 0) is 42.3 Å². The summed E-state index contributed by atoms with van der Waals surface area (Å²) >= 11 is 0. The molecule has 0 spiro atoms. The number of rotatable bonds is 4. The Kier molecular flexibility index (Phi) is 4.13. The number of hydrogen-bond donors (Lipinski definition) is 2. The molecule has 124 valence electrons. The largest absolute Gasteiger partial charge is 0.422 e. The van der Waals surface area contributed by atoms with Crippen molar-refractivity contribution in [2.75, 3.05) is 5.43 Å². The third-order valence-electron chi connectivity index (χ3n) is 3.80. The van der Waals surface area contributed by atoms with Gasteiger partial charge < -0.3 is 9.84 Å². The number of sulfone groups is 1. The summed E-state index contributed by atoms with van der Waals surface area (Å²) in [6.45, 7) is 1.98. The van der Waals surface area contributed by atoms with Crippen molar-refractivity contribution in [3.8, 4) is 0 Å². The summed E-state index contributed by atoms with van der Waals surface area (Å²) in [6, 6.07) is 12.6. The van der Waals surface area contributed by atoms with E-state index in [9.17, 15) is 13.2 Å². The molecular weight excluding hydrogens is 328 g/mol. The second kappa shape index (κ2) is 6.10. The second-order valence-electron chi connectivity index (χ2n) is 5.30. The Balaban J connectivity index is 2.16. The molecule has 0 aliphatic carbocycles. The molecule has 2 aromatic carbocycles. The molecule has 0 saturated heterocycles. The van der Waals surface area contributed by atoms with Crippen molar-refractivity contribution in [2.24, 2.45) is 5.84 Å². The molecular formula is C17H16N2O4S. The molecule has 0 aliphatic heterocycles. The van der Waals surface area contributed by atoms with E-state index in [1.807, 2.05) is 6.92 Å². The maximum atomic E-state index is 12.7. The van der Waals surface area contributed by atoms with Crippen molar-refractivity contribution in [1.29, 1.82) is 0 Å². The van der Waals surface area contributed by atoms with Gasteiger partial charge in [0.25, 0.3) is 0 Å². The summed E-state index contributed by atoms with van der Waals surface area (Å²) in [5, 5.41) is 0.498. The first-order valence-corrected chi connectivity index (χ1v) is 8.82. The number of fused-ring (bicyclic) bond motifs is 1. The van der Waals surface area contributed by atoms with E-state index in [0.717, 1.165) is 12.0 Å². The first kappa shape index (κ1) is 16.2. The van der Waals surface area contributed by atoms with Crippen LogP contribution in [0.25, 0.3) is 11.0 Å². The summed E-state index contributed by atoms with van der Waals surface area (Å²) in [7, 11) is -3.95. The van der Waals surface area contributed by atoms with Crippen LogP contribution in [0, 0.1) is 0 Å². The molecule has 1 aromatic heterocycles. The molecule has 0 amide bonds. The zero-order valence-corrected chi connectivity index (χ0v) is 13.8. The molecule has 0 fully saturated rings. The Morgan fingerprint density at radius 3 is 2.42 bits per heavy atom. The van der Waals surface area contributed by atoms with E-state index >= 15 is 0 Å². The standard InChI is InChI=1S/C17H16N2O4S/c1-2-11-3-7-14(8-4-11)24(21,22)16-9-12-5-6-13(19-18)10-15(12)23-17(16)20/h3-10,19H,2,18H2,1H3. The van der Waals surface area contributed by atoms with Crippen LogP contribution in [-0.4, -0.2) is 8.42 Å². The van der Waals surface area contributed by atoms with Gasteiger partial charge in [0.1, 0.15) is 5.58 Å². The molecule has 7 heteroatoms. The van der Waals surface area contributed by atoms with Crippen molar-refractivity contribution < 1.29 is 12.8 Å². The highest BCUT2D eigenvalue weighted by atomic mass is 32.2. The van der Waals surface area contributed by atoms with Gasteiger partial charge in [-0.3, -0.25) is 5.84 Å². The van der Waals surface area contributed by atoms with Crippen LogP contribution in [0.15, 0.2) is 67.5 Å². The van der Waals surface area contributed by atoms with Crippen LogP contribution in [0.4, 0.5) is 5.69 Å². The normalized spacial score (nSPS) is 11.6. The number of benzene rings is 2. The molecule has 0 radical (unpaired) electrons. The van der Waals surface area contributed by atoms with Gasteiger partial charge in [0, 0.05) is 11.5 Å². The van der Waals surface area contributed by atoms with E-state index in [2.05, 4.69) is 5.43 Å². The molecule has 3 N–H and O–H groups in total. The minimum Gasteiger partial charge on any atom is -0.422 e. The first-order valence-electron chi connectivity index (χ1n) is 7.34. The first-order chi connectivity index (χ1) is 11.5. The van der Waals surface area contributed by atoms with Gasteiger partial charge in [-0.15, -0.1) is 0 Å². The fourth-order valence-corrected chi connectivity index (χ4v) is 3.69. The molecule has 0 bridgehead atoms. The summed E-state index contributed by atoms with van der Waals surface area (Å²) in [5.41, 5.74) is 3.36. The third-order valence-corrected chi connectivity index (χ3v) is 5.56. The monoisotopic (exact) mass is 344 g/mol. The Morgan fingerprint density at radius 1 is 1.08 bits per heavy atom. The van der Waals surface area contributed by atoms with Crippen molar-refractivity contribution >= 4 is 26.5 Å². The van der Waals surface area contributed by atoms with Crippen LogP contribution < -0.4 is 16.9 Å². The second-order valence-corrected chi connectivity index (χ2v) is 7.21. The lowest BCUT2D eigenvalue weighted by molar-refractivity contribution is 0.532. The fourth-order valence-electron chi connectivity index (χ4n) is 2.40. The van der Waals surface area contributed by atoms with Crippen molar-refractivity contribution in [1.82, 2.24) is 0 Å². The van der Waals surface area contributed by atoms with Gasteiger partial charge in [0.05, 0.1) is 10.6 Å². The van der Waals surface area contributed by atoms with E-state index in [1.54, 1.807) is 24.3 Å². The van der Waals surface area contributed by atoms with Gasteiger partial charge in [0.15, 0.2) is 4.90 Å². The molecule has 3 rings (SSSR count). The maximum absolute atomic E-state index is 12.7. The molecule has 1 heterocycles. The minimum absolute atomic E-state index is 0.0617. The Bertz CT molecular complexity index is 1050. The summed E-state index contributed by atoms with van der Waals surface area (Å²) in [6.07, 6.45) is 0.802. The number of hydrazine groups is 1. The third kappa shape index (κ3) is 2.79. The highest BCUT2D eigenvalue weighted by Crippen LogP contribution is 2.24. The van der Waals surface area contributed by atoms with Gasteiger partial charge in [-0.2, -0.15) is 0 Å². The summed E-state index contributed by atoms with van der Waals surface area (Å²) in [4.78, 5) is 11.9. The van der Waals surface area contributed by atoms with Gasteiger partial charge in [0.2, 0.25) is 9.84 Å². The van der Waals surface area contributed by atoms with Crippen LogP contribution in [-0.2, 0) is 16.3 Å². The number of nitrogen functional groups attached to an aromatic ring is 1. The van der Waals surface area contributed by atoms with E-state index in [4.69, 9.17) is 10.3 Å². The number of nitrogens with one attached hydrogen (secondary N) is 1. The minimum atomic E-state index is -3.95. The number of hydrogen-bond acceptors (Lipinski definition) is 6. The van der Waals surface area contributed by atoms with Crippen LogP contribution in [0.2, 0.25) is 0 Å². The smallest absolute Gasteiger partial charge is 0.355 e. The molecule has 3 aromatic rings. The molecule has 0 unspecified atom stereocenters. The predicted octanol–water partition coefficient (Wildman–Crippen LogP) is 2.47. The molecule has 24 heavy (non-hydrogen) atoms. The van der Waals surface area contributed by atoms with E-state index < -0.39 is 15.5 Å². The molecule has 0 aliphatic rings. The Labute approximate surface area is 138 Å².